The Bertz CT molecular complexity index is 1520. The van der Waals surface area contributed by atoms with Gasteiger partial charge in [0, 0.05) is 16.7 Å². The van der Waals surface area contributed by atoms with Crippen molar-refractivity contribution in [2.24, 2.45) is 0 Å². The highest BCUT2D eigenvalue weighted by Gasteiger charge is 2.24. The summed E-state index contributed by atoms with van der Waals surface area (Å²) >= 11 is 0. The van der Waals surface area contributed by atoms with E-state index in [1.54, 1.807) is 0 Å². The molecule has 4 rings (SSSR count). The van der Waals surface area contributed by atoms with Gasteiger partial charge in [-0.15, -0.1) is 15.1 Å². The topological polar surface area (TPSA) is 0 Å². The van der Waals surface area contributed by atoms with E-state index in [0.29, 0.717) is 11.8 Å². The van der Waals surface area contributed by atoms with Crippen molar-refractivity contribution in [1.29, 1.82) is 0 Å². The molecule has 3 aromatic carbocycles. The van der Waals surface area contributed by atoms with Crippen LogP contribution in [0.4, 0.5) is 0 Å². The summed E-state index contributed by atoms with van der Waals surface area (Å²) in [4.78, 5) is 1.27. The second kappa shape index (κ2) is 12.7. The molecule has 0 aliphatic carbocycles. The van der Waals surface area contributed by atoms with Crippen LogP contribution in [0.15, 0.2) is 95.1 Å². The summed E-state index contributed by atoms with van der Waals surface area (Å²) in [6.45, 7) is 22.9. The van der Waals surface area contributed by atoms with E-state index < -0.39 is 9.44 Å². The van der Waals surface area contributed by atoms with E-state index in [9.17, 15) is 0 Å². The number of rotatable bonds is 12. The predicted molar refractivity (Wildman–Crippen MR) is 180 cm³/mol. The number of hydrogen-bond donors (Lipinski definition) is 0. The zero-order valence-electron chi connectivity index (χ0n) is 25.6. The van der Waals surface area contributed by atoms with Gasteiger partial charge in [-0.1, -0.05) is 107 Å². The van der Waals surface area contributed by atoms with Crippen LogP contribution >= 0.6 is 9.44 Å². The summed E-state index contributed by atoms with van der Waals surface area (Å²) in [7, 11) is -1.26. The van der Waals surface area contributed by atoms with Gasteiger partial charge in [0.2, 0.25) is 0 Å². The summed E-state index contributed by atoms with van der Waals surface area (Å²) in [6, 6.07) is 22.7. The van der Waals surface area contributed by atoms with Crippen LogP contribution in [-0.4, -0.2) is 0 Å². The fraction of sp³-hybridized carbons (Fsp3) is 0.359. The highest BCUT2D eigenvalue weighted by atomic mass is 32.2. The van der Waals surface area contributed by atoms with Gasteiger partial charge in [-0.25, -0.2) is 0 Å². The van der Waals surface area contributed by atoms with Crippen molar-refractivity contribution in [2.45, 2.75) is 96.3 Å². The van der Waals surface area contributed by atoms with Crippen LogP contribution in [-0.2, 0) is 6.42 Å². The van der Waals surface area contributed by atoms with E-state index >= 15 is 0 Å². The third-order valence-corrected chi connectivity index (χ3v) is 10.9. The number of allylic oxidation sites excluding steroid dienone is 2. The SMILES string of the molecule is C#S1(c2cccc(C(CCC)C(=C)CC(CC)c3cccc(C(C)C(=C)c4ccc(C)cc4CC)c3C)c2)C=C1. The molecule has 0 N–H and O–H groups in total. The van der Waals surface area contributed by atoms with Gasteiger partial charge in [-0.2, -0.15) is 0 Å². The number of aryl methyl sites for hydroxylation is 2. The van der Waals surface area contributed by atoms with Crippen molar-refractivity contribution in [3.05, 3.63) is 129 Å². The summed E-state index contributed by atoms with van der Waals surface area (Å²) < 4.78 is 0. The van der Waals surface area contributed by atoms with E-state index in [1.807, 2.05) is 0 Å². The highest BCUT2D eigenvalue weighted by Crippen LogP contribution is 2.56. The van der Waals surface area contributed by atoms with Crippen LogP contribution in [0.5, 0.6) is 0 Å². The van der Waals surface area contributed by atoms with Crippen LogP contribution < -0.4 is 0 Å². The molecule has 0 spiro atoms. The van der Waals surface area contributed by atoms with Crippen molar-refractivity contribution in [3.63, 3.8) is 0 Å². The van der Waals surface area contributed by atoms with Gasteiger partial charge in [0.1, 0.15) is 0 Å². The third kappa shape index (κ3) is 6.33. The molecule has 3 atom stereocenters. The molecule has 0 aromatic heterocycles. The van der Waals surface area contributed by atoms with Gasteiger partial charge in [-0.05, 0) is 107 Å². The minimum absolute atomic E-state index is 0.256. The van der Waals surface area contributed by atoms with Gasteiger partial charge in [0.15, 0.2) is 0 Å². The first-order valence-electron chi connectivity index (χ1n) is 15.1. The Morgan fingerprint density at radius 3 is 2.25 bits per heavy atom. The molecular formula is C39H48S. The molecule has 210 valence electrons. The van der Waals surface area contributed by atoms with Gasteiger partial charge >= 0.3 is 0 Å². The Kier molecular flexibility index (Phi) is 9.50. The zero-order valence-corrected chi connectivity index (χ0v) is 26.4. The lowest BCUT2D eigenvalue weighted by molar-refractivity contribution is 0.591. The lowest BCUT2D eigenvalue weighted by Gasteiger charge is -2.27. The number of hydrogen-bond acceptors (Lipinski definition) is 0. The minimum Gasteiger partial charge on any atom is -0.133 e. The maximum atomic E-state index is 6.55. The average Bonchev–Trinajstić information content (AvgIpc) is 3.72. The van der Waals surface area contributed by atoms with Gasteiger partial charge in [-0.3, -0.25) is 0 Å². The van der Waals surface area contributed by atoms with Crippen molar-refractivity contribution in [3.8, 4) is 5.69 Å². The molecule has 1 aliphatic rings. The van der Waals surface area contributed by atoms with Crippen LogP contribution in [0, 0.1) is 19.5 Å². The molecule has 40 heavy (non-hydrogen) atoms. The summed E-state index contributed by atoms with van der Waals surface area (Å²) in [5.41, 5.74) is 18.7. The maximum Gasteiger partial charge on any atom is 0.00718 e. The molecule has 0 radical (unpaired) electrons. The molecule has 1 heteroatoms. The zero-order chi connectivity index (χ0) is 29.0. The van der Waals surface area contributed by atoms with Crippen LogP contribution in [0.25, 0.3) is 5.57 Å². The Morgan fingerprint density at radius 2 is 1.60 bits per heavy atom. The molecular weight excluding hydrogens is 500 g/mol. The molecule has 0 nitrogen and oxygen atoms in total. The molecule has 0 saturated heterocycles. The Hall–Kier alpha value is -2.99. The molecule has 0 fully saturated rings. The first kappa shape index (κ1) is 30.0. The van der Waals surface area contributed by atoms with Crippen LogP contribution in [0.1, 0.15) is 110 Å². The minimum atomic E-state index is -1.26. The smallest absolute Gasteiger partial charge is 0.00718 e. The molecule has 1 aliphatic heterocycles. The fourth-order valence-corrected chi connectivity index (χ4v) is 7.78. The molecule has 3 aromatic rings. The molecule has 0 saturated carbocycles. The summed E-state index contributed by atoms with van der Waals surface area (Å²) in [5, 5.41) is 4.33. The fourth-order valence-electron chi connectivity index (χ4n) is 6.33. The van der Waals surface area contributed by atoms with E-state index in [1.165, 1.54) is 55.0 Å². The second-order valence-corrected chi connectivity index (χ2v) is 14.3. The Balaban J connectivity index is 1.59. The number of benzene rings is 3. The monoisotopic (exact) mass is 548 g/mol. The summed E-state index contributed by atoms with van der Waals surface area (Å²) in [6.07, 6.45) is 5.37. The lowest BCUT2D eigenvalue weighted by atomic mass is 9.78. The van der Waals surface area contributed by atoms with E-state index in [4.69, 9.17) is 12.3 Å². The van der Waals surface area contributed by atoms with Crippen molar-refractivity contribution in [1.82, 2.24) is 0 Å². The van der Waals surface area contributed by atoms with E-state index in [0.717, 1.165) is 32.1 Å². The largest absolute Gasteiger partial charge is 0.133 e. The van der Waals surface area contributed by atoms with Crippen LogP contribution in [0.2, 0.25) is 0 Å². The first-order valence-corrected chi connectivity index (χ1v) is 16.9. The molecule has 1 heterocycles. The van der Waals surface area contributed by atoms with Crippen molar-refractivity contribution >= 4 is 15.0 Å². The van der Waals surface area contributed by atoms with Gasteiger partial charge in [0.25, 0.3) is 0 Å². The summed E-state index contributed by atoms with van der Waals surface area (Å²) in [5.74, 6) is 1.06. The van der Waals surface area contributed by atoms with Gasteiger partial charge in [0.05, 0.1) is 0 Å². The Morgan fingerprint density at radius 1 is 0.900 bits per heavy atom. The Labute approximate surface area is 245 Å². The third-order valence-electron chi connectivity index (χ3n) is 9.00. The quantitative estimate of drug-likeness (QED) is 0.197. The molecule has 0 bridgehead atoms. The van der Waals surface area contributed by atoms with Crippen molar-refractivity contribution in [2.75, 3.05) is 0 Å². The van der Waals surface area contributed by atoms with E-state index in [-0.39, 0.29) is 5.92 Å². The second-order valence-electron chi connectivity index (χ2n) is 11.7. The van der Waals surface area contributed by atoms with E-state index in [2.05, 4.69) is 120 Å². The maximum absolute atomic E-state index is 6.55. The molecule has 3 unspecified atom stereocenters. The first-order chi connectivity index (χ1) is 19.1. The standard InChI is InChI=1S/C39H48S/c1-10-15-36(34-16-13-17-35(26-34)40(9)22-23-40)28(5)25-33(12-3)38-19-14-18-37(31(38)8)29(6)30(7)39-21-20-27(4)24-32(39)11-2/h9,13-14,16-24,26,29,33,36H,5,7,10-12,15,25H2,1-4,6,8H3. The van der Waals surface area contributed by atoms with Crippen molar-refractivity contribution < 1.29 is 0 Å². The van der Waals surface area contributed by atoms with Gasteiger partial charge < -0.3 is 0 Å². The predicted octanol–water partition coefficient (Wildman–Crippen LogP) is 11.9. The lowest BCUT2D eigenvalue weighted by Crippen LogP contribution is -2.10. The van der Waals surface area contributed by atoms with Crippen LogP contribution in [0.3, 0.4) is 0 Å². The average molecular weight is 549 g/mol. The normalized spacial score (nSPS) is 15.8. The molecule has 0 amide bonds. The highest BCUT2D eigenvalue weighted by molar-refractivity contribution is 8.34.